The highest BCUT2D eigenvalue weighted by Gasteiger charge is 2.00. The van der Waals surface area contributed by atoms with Crippen molar-refractivity contribution in [2.45, 2.75) is 58.3 Å². The molecule has 0 aliphatic rings. The van der Waals surface area contributed by atoms with E-state index < -0.39 is 0 Å². The molecule has 0 rings (SSSR count). The van der Waals surface area contributed by atoms with E-state index in [9.17, 15) is 9.59 Å². The minimum atomic E-state index is -0.0189. The number of rotatable bonds is 9. The topological polar surface area (TPSA) is 34.1 Å². The van der Waals surface area contributed by atoms with Crippen molar-refractivity contribution in [1.82, 2.24) is 0 Å². The summed E-state index contributed by atoms with van der Waals surface area (Å²) in [7, 11) is 0. The fourth-order valence-electron chi connectivity index (χ4n) is 1.27. The lowest BCUT2D eigenvalue weighted by Crippen LogP contribution is -1.97. The van der Waals surface area contributed by atoms with E-state index in [0.717, 1.165) is 12.8 Å². The van der Waals surface area contributed by atoms with E-state index in [2.05, 4.69) is 6.92 Å². The van der Waals surface area contributed by atoms with E-state index in [-0.39, 0.29) is 12.2 Å². The van der Waals surface area contributed by atoms with Crippen molar-refractivity contribution < 1.29 is 9.59 Å². The van der Waals surface area contributed by atoms with E-state index >= 15 is 0 Å². The molecule has 0 amide bonds. The second kappa shape index (κ2) is 9.43. The number of ketones is 1. The summed E-state index contributed by atoms with van der Waals surface area (Å²) in [4.78, 5) is 20.7. The van der Waals surface area contributed by atoms with Crippen molar-refractivity contribution in [3.05, 3.63) is 0 Å². The van der Waals surface area contributed by atoms with Crippen LogP contribution < -0.4 is 0 Å². The molecule has 0 unspecified atom stereocenters. The van der Waals surface area contributed by atoms with Crippen molar-refractivity contribution in [2.75, 3.05) is 0 Å². The first-order valence-electron chi connectivity index (χ1n) is 5.18. The van der Waals surface area contributed by atoms with E-state index in [1.807, 2.05) is 0 Å². The molecule has 0 heterocycles. The predicted molar refractivity (Wildman–Crippen MR) is 53.3 cm³/mol. The highest BCUT2D eigenvalue weighted by atomic mass is 16.1. The van der Waals surface area contributed by atoms with Crippen molar-refractivity contribution in [2.24, 2.45) is 0 Å². The molecule has 0 aliphatic carbocycles. The normalized spacial score (nSPS) is 9.92. The molecule has 0 aromatic heterocycles. The van der Waals surface area contributed by atoms with Crippen LogP contribution in [0.5, 0.6) is 0 Å². The molecule has 0 aromatic carbocycles. The molecule has 0 saturated heterocycles. The summed E-state index contributed by atoms with van der Waals surface area (Å²) in [5.74, 6) is 0.0329. The quantitative estimate of drug-likeness (QED) is 0.407. The third-order valence-corrected chi connectivity index (χ3v) is 2.08. The maximum Gasteiger partial charge on any atom is 0.206 e. The summed E-state index contributed by atoms with van der Waals surface area (Å²) in [5, 5.41) is 0. The summed E-state index contributed by atoms with van der Waals surface area (Å²) in [6.45, 7) is 2.18. The highest BCUT2D eigenvalue weighted by Crippen LogP contribution is 2.07. The van der Waals surface area contributed by atoms with Gasteiger partial charge in [0.05, 0.1) is 6.42 Å². The van der Waals surface area contributed by atoms with Crippen LogP contribution in [0.15, 0.2) is 0 Å². The zero-order valence-electron chi connectivity index (χ0n) is 8.47. The van der Waals surface area contributed by atoms with Gasteiger partial charge >= 0.3 is 0 Å². The van der Waals surface area contributed by atoms with E-state index in [4.69, 9.17) is 0 Å². The van der Waals surface area contributed by atoms with Gasteiger partial charge in [0.25, 0.3) is 0 Å². The van der Waals surface area contributed by atoms with Crippen molar-refractivity contribution in [1.29, 1.82) is 0 Å². The van der Waals surface area contributed by atoms with Gasteiger partial charge in [-0.25, -0.2) is 0 Å². The first kappa shape index (κ1) is 12.3. The lowest BCUT2D eigenvalue weighted by molar-refractivity contribution is -0.118. The first-order chi connectivity index (χ1) is 6.31. The van der Waals surface area contributed by atoms with Gasteiger partial charge in [-0.3, -0.25) is 9.59 Å². The molecule has 0 bridgehead atoms. The molecule has 0 aromatic rings. The average Bonchev–Trinajstić information content (AvgIpc) is 2.11. The van der Waals surface area contributed by atoms with Gasteiger partial charge in [0.2, 0.25) is 6.29 Å². The van der Waals surface area contributed by atoms with E-state index in [1.54, 1.807) is 6.29 Å². The van der Waals surface area contributed by atoms with Gasteiger partial charge in [0, 0.05) is 6.42 Å². The monoisotopic (exact) mass is 183 g/mol. The van der Waals surface area contributed by atoms with Crippen LogP contribution in [0.4, 0.5) is 0 Å². The third-order valence-electron chi connectivity index (χ3n) is 2.08. The summed E-state index contributed by atoms with van der Waals surface area (Å²) < 4.78 is 0. The van der Waals surface area contributed by atoms with Crippen molar-refractivity contribution >= 4 is 12.1 Å². The summed E-state index contributed by atoms with van der Waals surface area (Å²) >= 11 is 0. The van der Waals surface area contributed by atoms with Crippen LogP contribution >= 0.6 is 0 Å². The molecule has 13 heavy (non-hydrogen) atoms. The smallest absolute Gasteiger partial charge is 0.206 e. The molecule has 1 radical (unpaired) electrons. The second-order valence-electron chi connectivity index (χ2n) is 3.38. The molecule has 2 nitrogen and oxygen atoms in total. The van der Waals surface area contributed by atoms with Gasteiger partial charge in [-0.2, -0.15) is 0 Å². The highest BCUT2D eigenvalue weighted by molar-refractivity contribution is 5.89. The second-order valence-corrected chi connectivity index (χ2v) is 3.38. The Balaban J connectivity index is 3.06. The van der Waals surface area contributed by atoms with Crippen molar-refractivity contribution in [3.8, 4) is 0 Å². The molecule has 0 spiro atoms. The van der Waals surface area contributed by atoms with Crippen molar-refractivity contribution in [3.63, 3.8) is 0 Å². The van der Waals surface area contributed by atoms with Crippen LogP contribution in [0.2, 0.25) is 0 Å². The predicted octanol–water partition coefficient (Wildman–Crippen LogP) is 2.81. The van der Waals surface area contributed by atoms with Gasteiger partial charge in [-0.05, 0) is 6.42 Å². The Morgan fingerprint density at radius 1 is 1.08 bits per heavy atom. The molecule has 0 saturated carbocycles. The van der Waals surface area contributed by atoms with Gasteiger partial charge in [0.15, 0.2) is 0 Å². The Kier molecular flexibility index (Phi) is 8.95. The Morgan fingerprint density at radius 2 is 1.69 bits per heavy atom. The molecular weight excluding hydrogens is 164 g/mol. The number of unbranched alkanes of at least 4 members (excludes halogenated alkanes) is 5. The largest absolute Gasteiger partial charge is 0.299 e. The number of hydrogen-bond donors (Lipinski definition) is 0. The summed E-state index contributed by atoms with van der Waals surface area (Å²) in [6.07, 6.45) is 9.24. The minimum absolute atomic E-state index is 0.0189. The summed E-state index contributed by atoms with van der Waals surface area (Å²) in [6, 6.07) is 0. The number of hydrogen-bond acceptors (Lipinski definition) is 2. The molecule has 0 aliphatic heterocycles. The van der Waals surface area contributed by atoms with Crippen LogP contribution in [-0.2, 0) is 9.59 Å². The number of carbonyl (C=O) groups is 1. The lowest BCUT2D eigenvalue weighted by Gasteiger charge is -1.98. The maximum absolute atomic E-state index is 10.9. The first-order valence-corrected chi connectivity index (χ1v) is 5.18. The van der Waals surface area contributed by atoms with Crippen LogP contribution in [-0.4, -0.2) is 12.1 Å². The van der Waals surface area contributed by atoms with Gasteiger partial charge in [-0.15, -0.1) is 0 Å². The SMILES string of the molecule is CCCCCCCCC(=O)C[C]=O. The Labute approximate surface area is 80.7 Å². The minimum Gasteiger partial charge on any atom is -0.299 e. The van der Waals surface area contributed by atoms with Gasteiger partial charge in [0.1, 0.15) is 5.78 Å². The Hall–Kier alpha value is -0.660. The van der Waals surface area contributed by atoms with E-state index in [0.29, 0.717) is 6.42 Å². The van der Waals surface area contributed by atoms with Crippen LogP contribution in [0.3, 0.4) is 0 Å². The van der Waals surface area contributed by atoms with Crippen LogP contribution in [0.25, 0.3) is 0 Å². The Bertz CT molecular complexity index is 141. The molecule has 2 heteroatoms. The molecule has 0 fully saturated rings. The molecule has 0 N–H and O–H groups in total. The maximum atomic E-state index is 10.9. The number of Topliss-reactive ketones (excluding diaryl/α,β-unsaturated/α-hetero) is 1. The van der Waals surface area contributed by atoms with Crippen LogP contribution in [0, 0.1) is 0 Å². The average molecular weight is 183 g/mol. The van der Waals surface area contributed by atoms with Crippen LogP contribution in [0.1, 0.15) is 58.3 Å². The fourth-order valence-corrected chi connectivity index (χ4v) is 1.27. The van der Waals surface area contributed by atoms with Gasteiger partial charge in [-0.1, -0.05) is 39.0 Å². The summed E-state index contributed by atoms with van der Waals surface area (Å²) in [5.41, 5.74) is 0. The molecular formula is C11H19O2. The molecule has 0 atom stereocenters. The fraction of sp³-hybridized carbons (Fsp3) is 0.818. The number of carbonyl (C=O) groups excluding carboxylic acids is 2. The van der Waals surface area contributed by atoms with Gasteiger partial charge < -0.3 is 0 Å². The molecule has 75 valence electrons. The zero-order valence-corrected chi connectivity index (χ0v) is 8.47. The standard InChI is InChI=1S/C11H19O2/c1-2-3-4-5-6-7-8-11(13)9-10-12/h2-9H2,1H3. The van der Waals surface area contributed by atoms with E-state index in [1.165, 1.54) is 25.7 Å². The lowest BCUT2D eigenvalue weighted by atomic mass is 10.1. The Morgan fingerprint density at radius 3 is 2.31 bits per heavy atom. The third kappa shape index (κ3) is 9.25. The zero-order chi connectivity index (χ0) is 9.94.